The smallest absolute Gasteiger partial charge is 0.321 e. The highest BCUT2D eigenvalue weighted by Gasteiger charge is 2.30. The average Bonchev–Trinajstić information content (AvgIpc) is 3.07. The predicted octanol–water partition coefficient (Wildman–Crippen LogP) is 2.21. The Labute approximate surface area is 154 Å². The highest BCUT2D eigenvalue weighted by atomic mass is 16.2. The van der Waals surface area contributed by atoms with E-state index < -0.39 is 0 Å². The van der Waals surface area contributed by atoms with Crippen LogP contribution in [-0.4, -0.2) is 57.0 Å². The standard InChI is InChI=1S/C19H26N6O/c1-23-9-10-25(13-17(23)18-20-7-8-24(18)2)19(26)22-15-11-14-5-3-4-6-16(14)21-12-15/h7-8,11-12,17H,3-6,9-10,13H2,1-2H3,(H,22,26). The van der Waals surface area contributed by atoms with E-state index in [1.807, 2.05) is 22.7 Å². The Hall–Kier alpha value is -2.41. The lowest BCUT2D eigenvalue weighted by Crippen LogP contribution is -2.50. The summed E-state index contributed by atoms with van der Waals surface area (Å²) in [4.78, 5) is 25.9. The van der Waals surface area contributed by atoms with Crippen molar-refractivity contribution in [1.82, 2.24) is 24.3 Å². The molecule has 1 atom stereocenters. The zero-order valence-corrected chi connectivity index (χ0v) is 15.5. The van der Waals surface area contributed by atoms with Crippen molar-refractivity contribution in [1.29, 1.82) is 0 Å². The van der Waals surface area contributed by atoms with Crippen molar-refractivity contribution in [2.24, 2.45) is 7.05 Å². The molecule has 1 fully saturated rings. The van der Waals surface area contributed by atoms with Crippen molar-refractivity contribution in [3.05, 3.63) is 41.7 Å². The molecule has 1 aliphatic heterocycles. The van der Waals surface area contributed by atoms with Crippen LogP contribution in [0.4, 0.5) is 10.5 Å². The number of nitrogens with zero attached hydrogens (tertiary/aromatic N) is 5. The molecule has 4 rings (SSSR count). The van der Waals surface area contributed by atoms with Gasteiger partial charge < -0.3 is 14.8 Å². The van der Waals surface area contributed by atoms with Crippen LogP contribution in [0, 0.1) is 0 Å². The van der Waals surface area contributed by atoms with Crippen molar-refractivity contribution in [2.75, 3.05) is 32.0 Å². The molecule has 138 valence electrons. The lowest BCUT2D eigenvalue weighted by Gasteiger charge is -2.38. The summed E-state index contributed by atoms with van der Waals surface area (Å²) >= 11 is 0. The summed E-state index contributed by atoms with van der Waals surface area (Å²) in [5, 5.41) is 3.04. The third-order valence-electron chi connectivity index (χ3n) is 5.51. The molecule has 1 aliphatic carbocycles. The van der Waals surface area contributed by atoms with Crippen LogP contribution in [0.2, 0.25) is 0 Å². The molecule has 2 aliphatic rings. The van der Waals surface area contributed by atoms with Crippen molar-refractivity contribution >= 4 is 11.7 Å². The number of imidazole rings is 1. The van der Waals surface area contributed by atoms with Gasteiger partial charge in [-0.25, -0.2) is 9.78 Å². The number of carbonyl (C=O) groups is 1. The van der Waals surface area contributed by atoms with Gasteiger partial charge in [0.05, 0.1) is 17.9 Å². The fourth-order valence-electron chi connectivity index (χ4n) is 3.89. The minimum atomic E-state index is -0.0603. The summed E-state index contributed by atoms with van der Waals surface area (Å²) < 4.78 is 2.02. The van der Waals surface area contributed by atoms with Crippen LogP contribution in [-0.2, 0) is 19.9 Å². The molecule has 7 nitrogen and oxygen atoms in total. The lowest BCUT2D eigenvalue weighted by molar-refractivity contribution is 0.110. The fraction of sp³-hybridized carbons (Fsp3) is 0.526. The Morgan fingerprint density at radius 2 is 2.04 bits per heavy atom. The maximum Gasteiger partial charge on any atom is 0.321 e. The molecule has 0 spiro atoms. The van der Waals surface area contributed by atoms with E-state index in [1.165, 1.54) is 24.1 Å². The Balaban J connectivity index is 1.45. The molecule has 2 amide bonds. The molecule has 0 radical (unpaired) electrons. The number of likely N-dealkylation sites (N-methyl/N-ethyl adjacent to an activating group) is 1. The molecule has 2 aromatic rings. The van der Waals surface area contributed by atoms with Gasteiger partial charge in [0.15, 0.2) is 0 Å². The number of hydrogen-bond acceptors (Lipinski definition) is 4. The monoisotopic (exact) mass is 354 g/mol. The summed E-state index contributed by atoms with van der Waals surface area (Å²) in [6, 6.07) is 2.14. The van der Waals surface area contributed by atoms with Gasteiger partial charge in [0, 0.05) is 44.8 Å². The van der Waals surface area contributed by atoms with Gasteiger partial charge in [-0.05, 0) is 44.4 Å². The number of aromatic nitrogens is 3. The zero-order chi connectivity index (χ0) is 18.1. The Bertz CT molecular complexity index is 801. The fourth-order valence-corrected chi connectivity index (χ4v) is 3.89. The number of aryl methyl sites for hydroxylation is 3. The third kappa shape index (κ3) is 3.31. The predicted molar refractivity (Wildman–Crippen MR) is 100 cm³/mol. The first-order valence-corrected chi connectivity index (χ1v) is 9.33. The molecule has 1 saturated heterocycles. The summed E-state index contributed by atoms with van der Waals surface area (Å²) in [7, 11) is 4.08. The first-order chi connectivity index (χ1) is 12.6. The first-order valence-electron chi connectivity index (χ1n) is 9.33. The largest absolute Gasteiger partial charge is 0.337 e. The topological polar surface area (TPSA) is 66.3 Å². The number of urea groups is 1. The number of amides is 2. The number of carbonyl (C=O) groups excluding carboxylic acids is 1. The van der Waals surface area contributed by atoms with E-state index >= 15 is 0 Å². The maximum absolute atomic E-state index is 12.8. The molecular formula is C19H26N6O. The molecule has 0 saturated carbocycles. The van der Waals surface area contributed by atoms with Gasteiger partial charge in [0.25, 0.3) is 0 Å². The minimum absolute atomic E-state index is 0.0603. The third-order valence-corrected chi connectivity index (χ3v) is 5.51. The van der Waals surface area contributed by atoms with Crippen molar-refractivity contribution < 1.29 is 4.79 Å². The van der Waals surface area contributed by atoms with Crippen LogP contribution >= 0.6 is 0 Å². The lowest BCUT2D eigenvalue weighted by atomic mass is 9.96. The first kappa shape index (κ1) is 17.0. The van der Waals surface area contributed by atoms with Gasteiger partial charge in [-0.15, -0.1) is 0 Å². The summed E-state index contributed by atoms with van der Waals surface area (Å²) in [5.74, 6) is 0.987. The Morgan fingerprint density at radius 3 is 2.85 bits per heavy atom. The van der Waals surface area contributed by atoms with E-state index in [0.717, 1.165) is 30.9 Å². The van der Waals surface area contributed by atoms with E-state index in [1.54, 1.807) is 12.4 Å². The number of rotatable bonds is 2. The summed E-state index contributed by atoms with van der Waals surface area (Å²) in [6.45, 7) is 2.17. The number of nitrogens with one attached hydrogen (secondary N) is 1. The van der Waals surface area contributed by atoms with Crippen molar-refractivity contribution in [3.63, 3.8) is 0 Å². The zero-order valence-electron chi connectivity index (χ0n) is 15.5. The SMILES string of the molecule is CN1CCN(C(=O)Nc2cnc3c(c2)CCCC3)CC1c1nccn1C. The summed E-state index contributed by atoms with van der Waals surface area (Å²) in [6.07, 6.45) is 10.1. The van der Waals surface area contributed by atoms with Crippen LogP contribution in [0.1, 0.15) is 36.0 Å². The average molecular weight is 354 g/mol. The number of anilines is 1. The molecule has 7 heteroatoms. The Morgan fingerprint density at radius 1 is 1.19 bits per heavy atom. The maximum atomic E-state index is 12.8. The van der Waals surface area contributed by atoms with Crippen molar-refractivity contribution in [2.45, 2.75) is 31.7 Å². The summed E-state index contributed by atoms with van der Waals surface area (Å²) in [5.41, 5.74) is 3.25. The van der Waals surface area contributed by atoms with E-state index in [4.69, 9.17) is 0 Å². The Kier molecular flexibility index (Phi) is 4.63. The number of fused-ring (bicyclic) bond motifs is 1. The number of pyridine rings is 1. The van der Waals surface area contributed by atoms with Gasteiger partial charge in [-0.1, -0.05) is 0 Å². The van der Waals surface area contributed by atoms with Gasteiger partial charge in [-0.3, -0.25) is 9.88 Å². The number of piperazine rings is 1. The van der Waals surface area contributed by atoms with Crippen molar-refractivity contribution in [3.8, 4) is 0 Å². The van der Waals surface area contributed by atoms with E-state index in [0.29, 0.717) is 13.1 Å². The van der Waals surface area contributed by atoms with Gasteiger partial charge in [-0.2, -0.15) is 0 Å². The second-order valence-corrected chi connectivity index (χ2v) is 7.31. The molecule has 1 unspecified atom stereocenters. The van der Waals surface area contributed by atoms with Crippen LogP contribution in [0.25, 0.3) is 0 Å². The van der Waals surface area contributed by atoms with Crippen LogP contribution in [0.15, 0.2) is 24.7 Å². The highest BCUT2D eigenvalue weighted by molar-refractivity contribution is 5.89. The molecule has 2 aromatic heterocycles. The quantitative estimate of drug-likeness (QED) is 0.898. The molecule has 3 heterocycles. The van der Waals surface area contributed by atoms with Crippen LogP contribution < -0.4 is 5.32 Å². The van der Waals surface area contributed by atoms with Crippen LogP contribution in [0.3, 0.4) is 0 Å². The highest BCUT2D eigenvalue weighted by Crippen LogP contribution is 2.24. The van der Waals surface area contributed by atoms with E-state index in [2.05, 4.69) is 33.3 Å². The molecule has 0 bridgehead atoms. The second kappa shape index (κ2) is 7.07. The molecule has 26 heavy (non-hydrogen) atoms. The molecule has 0 aromatic carbocycles. The van der Waals surface area contributed by atoms with Gasteiger partial charge in [0.2, 0.25) is 0 Å². The number of hydrogen-bond donors (Lipinski definition) is 1. The second-order valence-electron chi connectivity index (χ2n) is 7.31. The van der Waals surface area contributed by atoms with Gasteiger partial charge in [0.1, 0.15) is 5.82 Å². The minimum Gasteiger partial charge on any atom is -0.337 e. The molecule has 1 N–H and O–H groups in total. The molecular weight excluding hydrogens is 328 g/mol. The van der Waals surface area contributed by atoms with E-state index in [-0.39, 0.29) is 12.1 Å². The van der Waals surface area contributed by atoms with Gasteiger partial charge >= 0.3 is 6.03 Å². The normalized spacial score (nSPS) is 20.7. The van der Waals surface area contributed by atoms with E-state index in [9.17, 15) is 4.79 Å². The van der Waals surface area contributed by atoms with Crippen LogP contribution in [0.5, 0.6) is 0 Å².